The number of aromatic nitrogens is 2. The van der Waals surface area contributed by atoms with Crippen molar-refractivity contribution >= 4 is 11.3 Å². The van der Waals surface area contributed by atoms with Crippen LogP contribution in [0, 0.1) is 5.92 Å². The average molecular weight is 227 g/mol. The molecule has 3 nitrogen and oxygen atoms in total. The van der Waals surface area contributed by atoms with Gasteiger partial charge in [-0.3, -0.25) is 0 Å². The first kappa shape index (κ1) is 12.6. The highest BCUT2D eigenvalue weighted by Gasteiger charge is 2.03. The summed E-state index contributed by atoms with van der Waals surface area (Å²) in [6.07, 6.45) is 3.52. The fourth-order valence-corrected chi connectivity index (χ4v) is 2.11. The predicted molar refractivity (Wildman–Crippen MR) is 65.1 cm³/mol. The zero-order valence-electron chi connectivity index (χ0n) is 9.92. The van der Waals surface area contributed by atoms with Crippen molar-refractivity contribution in [3.63, 3.8) is 0 Å². The number of rotatable bonds is 7. The monoisotopic (exact) mass is 227 g/mol. The van der Waals surface area contributed by atoms with Gasteiger partial charge in [0, 0.05) is 13.0 Å². The largest absolute Gasteiger partial charge is 0.310 e. The second-order valence-corrected chi connectivity index (χ2v) is 5.36. The number of nitrogens with zero attached hydrogens (tertiary/aromatic N) is 2. The van der Waals surface area contributed by atoms with Crippen LogP contribution in [0.3, 0.4) is 0 Å². The molecule has 4 heteroatoms. The van der Waals surface area contributed by atoms with Gasteiger partial charge in [-0.25, -0.2) is 0 Å². The van der Waals surface area contributed by atoms with Gasteiger partial charge < -0.3 is 5.32 Å². The van der Waals surface area contributed by atoms with Crippen LogP contribution in [0.4, 0.5) is 0 Å². The van der Waals surface area contributed by atoms with E-state index in [-0.39, 0.29) is 0 Å². The third-order valence-electron chi connectivity index (χ3n) is 2.08. The van der Waals surface area contributed by atoms with E-state index >= 15 is 0 Å². The molecule has 1 N–H and O–H groups in total. The first-order valence-corrected chi connectivity index (χ1v) is 6.56. The third-order valence-corrected chi connectivity index (χ3v) is 3.06. The Hall–Kier alpha value is -0.480. The van der Waals surface area contributed by atoms with Gasteiger partial charge in [0.2, 0.25) is 0 Å². The molecule has 1 aromatic rings. The zero-order valence-corrected chi connectivity index (χ0v) is 10.7. The van der Waals surface area contributed by atoms with Crippen molar-refractivity contribution < 1.29 is 0 Å². The Balaban J connectivity index is 2.26. The molecule has 0 fully saturated rings. The van der Waals surface area contributed by atoms with Crippen LogP contribution in [0.5, 0.6) is 0 Å². The molecule has 0 radical (unpaired) electrons. The molecule has 0 saturated carbocycles. The summed E-state index contributed by atoms with van der Waals surface area (Å²) in [6.45, 7) is 8.53. The molecule has 0 bridgehead atoms. The first-order chi connectivity index (χ1) is 7.22. The normalized spacial score (nSPS) is 11.2. The molecule has 0 aliphatic rings. The lowest BCUT2D eigenvalue weighted by molar-refractivity contribution is 0.550. The smallest absolute Gasteiger partial charge is 0.131 e. The fourth-order valence-electron chi connectivity index (χ4n) is 1.26. The lowest BCUT2D eigenvalue weighted by Gasteiger charge is -2.03. The molecule has 0 spiro atoms. The lowest BCUT2D eigenvalue weighted by Crippen LogP contribution is -2.18. The zero-order chi connectivity index (χ0) is 11.1. The van der Waals surface area contributed by atoms with Crippen LogP contribution >= 0.6 is 11.3 Å². The maximum atomic E-state index is 4.18. The summed E-state index contributed by atoms with van der Waals surface area (Å²) in [5, 5.41) is 14.0. The molecule has 1 rings (SSSR count). The van der Waals surface area contributed by atoms with E-state index < -0.39 is 0 Å². The summed E-state index contributed by atoms with van der Waals surface area (Å²) >= 11 is 1.74. The van der Waals surface area contributed by atoms with Gasteiger partial charge in [0.15, 0.2) is 0 Å². The molecule has 0 unspecified atom stereocenters. The second kappa shape index (κ2) is 6.90. The van der Waals surface area contributed by atoms with Crippen molar-refractivity contribution in [3.05, 3.63) is 10.0 Å². The lowest BCUT2D eigenvalue weighted by atomic mass is 10.2. The molecule has 15 heavy (non-hydrogen) atoms. The number of hydrogen-bond donors (Lipinski definition) is 1. The van der Waals surface area contributed by atoms with Crippen molar-refractivity contribution in [2.75, 3.05) is 6.54 Å². The molecule has 86 valence electrons. The molecule has 1 heterocycles. The van der Waals surface area contributed by atoms with Crippen molar-refractivity contribution in [2.24, 2.45) is 5.92 Å². The van der Waals surface area contributed by atoms with Crippen molar-refractivity contribution in [3.8, 4) is 0 Å². The van der Waals surface area contributed by atoms with E-state index in [9.17, 15) is 0 Å². The van der Waals surface area contributed by atoms with Crippen LogP contribution in [0.1, 0.15) is 43.6 Å². The van der Waals surface area contributed by atoms with Crippen molar-refractivity contribution in [1.82, 2.24) is 15.5 Å². The molecule has 0 amide bonds. The summed E-state index contributed by atoms with van der Waals surface area (Å²) in [4.78, 5) is 0. The highest BCUT2D eigenvalue weighted by molar-refractivity contribution is 7.11. The van der Waals surface area contributed by atoms with E-state index in [1.807, 2.05) is 0 Å². The Labute approximate surface area is 96.3 Å². The summed E-state index contributed by atoms with van der Waals surface area (Å²) in [5.41, 5.74) is 0. The van der Waals surface area contributed by atoms with Gasteiger partial charge in [0.1, 0.15) is 10.0 Å². The Morgan fingerprint density at radius 1 is 1.27 bits per heavy atom. The molecular formula is C11H21N3S. The summed E-state index contributed by atoms with van der Waals surface area (Å²) in [6, 6.07) is 0. The summed E-state index contributed by atoms with van der Waals surface area (Å²) < 4.78 is 0. The van der Waals surface area contributed by atoms with Gasteiger partial charge in [-0.05, 0) is 18.9 Å². The van der Waals surface area contributed by atoms with Gasteiger partial charge in [-0.1, -0.05) is 27.2 Å². The van der Waals surface area contributed by atoms with E-state index in [4.69, 9.17) is 0 Å². The Morgan fingerprint density at radius 3 is 2.67 bits per heavy atom. The van der Waals surface area contributed by atoms with E-state index in [0.717, 1.165) is 24.5 Å². The van der Waals surface area contributed by atoms with Gasteiger partial charge >= 0.3 is 0 Å². The van der Waals surface area contributed by atoms with Crippen LogP contribution in [-0.4, -0.2) is 16.7 Å². The Kier molecular flexibility index (Phi) is 5.79. The van der Waals surface area contributed by atoms with Crippen LogP contribution in [0.25, 0.3) is 0 Å². The maximum Gasteiger partial charge on any atom is 0.131 e. The van der Waals surface area contributed by atoms with Crippen LogP contribution in [0.2, 0.25) is 0 Å². The van der Waals surface area contributed by atoms with Gasteiger partial charge in [0.05, 0.1) is 0 Å². The number of hydrogen-bond acceptors (Lipinski definition) is 4. The van der Waals surface area contributed by atoms with Crippen molar-refractivity contribution in [1.29, 1.82) is 0 Å². The second-order valence-electron chi connectivity index (χ2n) is 4.22. The minimum Gasteiger partial charge on any atom is -0.310 e. The minimum absolute atomic E-state index is 0.692. The van der Waals surface area contributed by atoms with E-state index in [1.165, 1.54) is 17.8 Å². The molecule has 0 aliphatic heterocycles. The van der Waals surface area contributed by atoms with Gasteiger partial charge in [0.25, 0.3) is 0 Å². The number of nitrogens with one attached hydrogen (secondary N) is 1. The van der Waals surface area contributed by atoms with E-state index in [2.05, 4.69) is 36.3 Å². The molecule has 0 saturated heterocycles. The van der Waals surface area contributed by atoms with E-state index in [0.29, 0.717) is 5.92 Å². The standard InChI is InChI=1S/C11H21N3S/c1-4-5-6-10-13-14-11(15-10)8-12-7-9(2)3/h9,12H,4-8H2,1-3H3. The topological polar surface area (TPSA) is 37.8 Å². The molecule has 0 atom stereocenters. The first-order valence-electron chi connectivity index (χ1n) is 5.74. The van der Waals surface area contributed by atoms with Crippen LogP contribution in [0.15, 0.2) is 0 Å². The average Bonchev–Trinajstić information content (AvgIpc) is 2.62. The maximum absolute atomic E-state index is 4.18. The predicted octanol–water partition coefficient (Wildman–Crippen LogP) is 2.63. The highest BCUT2D eigenvalue weighted by Crippen LogP contribution is 2.12. The Bertz CT molecular complexity index is 271. The van der Waals surface area contributed by atoms with Gasteiger partial charge in [-0.15, -0.1) is 21.5 Å². The molecular weight excluding hydrogens is 206 g/mol. The molecule has 1 aromatic heterocycles. The number of aryl methyl sites for hydroxylation is 1. The van der Waals surface area contributed by atoms with Gasteiger partial charge in [-0.2, -0.15) is 0 Å². The SMILES string of the molecule is CCCCc1nnc(CNCC(C)C)s1. The van der Waals surface area contributed by atoms with Crippen LogP contribution < -0.4 is 5.32 Å². The third kappa shape index (κ3) is 5.23. The summed E-state index contributed by atoms with van der Waals surface area (Å²) in [7, 11) is 0. The fraction of sp³-hybridized carbons (Fsp3) is 0.818. The number of unbranched alkanes of at least 4 members (excludes halogenated alkanes) is 1. The van der Waals surface area contributed by atoms with Crippen LogP contribution in [-0.2, 0) is 13.0 Å². The minimum atomic E-state index is 0.692. The highest BCUT2D eigenvalue weighted by atomic mass is 32.1. The quantitative estimate of drug-likeness (QED) is 0.778. The van der Waals surface area contributed by atoms with E-state index in [1.54, 1.807) is 11.3 Å². The summed E-state index contributed by atoms with van der Waals surface area (Å²) in [5.74, 6) is 0.692. The molecule has 0 aromatic carbocycles. The molecule has 0 aliphatic carbocycles. The van der Waals surface area contributed by atoms with Crippen molar-refractivity contribution in [2.45, 2.75) is 46.6 Å². The Morgan fingerprint density at radius 2 is 2.00 bits per heavy atom.